The number of carbonyl (C=O) groups excluding carboxylic acids is 1. The van der Waals surface area contributed by atoms with Crippen LogP contribution in [0.5, 0.6) is 0 Å². The zero-order valence-corrected chi connectivity index (χ0v) is 11.6. The molecular formula is C16H19N3O. The molecule has 1 heterocycles. The minimum Gasteiger partial charge on any atom is -0.397 e. The van der Waals surface area contributed by atoms with Crippen molar-refractivity contribution in [3.8, 4) is 0 Å². The predicted molar refractivity (Wildman–Crippen MR) is 80.1 cm³/mol. The van der Waals surface area contributed by atoms with Gasteiger partial charge in [-0.15, -0.1) is 0 Å². The number of nitrogens with zero attached hydrogens (tertiary/aromatic N) is 2. The number of carbonyl (C=O) groups is 1. The van der Waals surface area contributed by atoms with Gasteiger partial charge < -0.3 is 10.6 Å². The van der Waals surface area contributed by atoms with E-state index in [1.165, 1.54) is 5.56 Å². The molecule has 4 heteroatoms. The smallest absolute Gasteiger partial charge is 0.228 e. The van der Waals surface area contributed by atoms with Crippen LogP contribution in [0.15, 0.2) is 48.7 Å². The van der Waals surface area contributed by atoms with Gasteiger partial charge in [0, 0.05) is 19.3 Å². The van der Waals surface area contributed by atoms with Crippen molar-refractivity contribution < 1.29 is 4.79 Å². The van der Waals surface area contributed by atoms with Gasteiger partial charge in [-0.25, -0.2) is 0 Å². The van der Waals surface area contributed by atoms with E-state index in [2.05, 4.69) is 17.1 Å². The van der Waals surface area contributed by atoms with Gasteiger partial charge >= 0.3 is 0 Å². The SMILES string of the molecule is CN(CCc1ccccc1)C(=O)Cc1ccc(N)cn1. The Morgan fingerprint density at radius 2 is 1.95 bits per heavy atom. The number of benzene rings is 1. The zero-order valence-electron chi connectivity index (χ0n) is 11.6. The minimum atomic E-state index is 0.0678. The van der Waals surface area contributed by atoms with Crippen LogP contribution in [0.2, 0.25) is 0 Å². The Morgan fingerprint density at radius 3 is 2.60 bits per heavy atom. The average molecular weight is 269 g/mol. The zero-order chi connectivity index (χ0) is 14.4. The minimum absolute atomic E-state index is 0.0678. The fraction of sp³-hybridized carbons (Fsp3) is 0.250. The molecule has 2 rings (SSSR count). The molecule has 0 fully saturated rings. The monoisotopic (exact) mass is 269 g/mol. The van der Waals surface area contributed by atoms with E-state index in [9.17, 15) is 4.79 Å². The van der Waals surface area contributed by atoms with Crippen molar-refractivity contribution in [2.45, 2.75) is 12.8 Å². The van der Waals surface area contributed by atoms with Gasteiger partial charge in [0.2, 0.25) is 5.91 Å². The highest BCUT2D eigenvalue weighted by Gasteiger charge is 2.10. The number of hydrogen-bond acceptors (Lipinski definition) is 3. The van der Waals surface area contributed by atoms with Crippen molar-refractivity contribution in [1.29, 1.82) is 0 Å². The van der Waals surface area contributed by atoms with Gasteiger partial charge in [0.25, 0.3) is 0 Å². The van der Waals surface area contributed by atoms with Gasteiger partial charge in [0.1, 0.15) is 0 Å². The molecule has 0 unspecified atom stereocenters. The second-order valence-corrected chi connectivity index (χ2v) is 4.81. The summed E-state index contributed by atoms with van der Waals surface area (Å²) in [7, 11) is 1.82. The first-order chi connectivity index (χ1) is 9.65. The maximum atomic E-state index is 12.1. The van der Waals surface area contributed by atoms with Gasteiger partial charge in [-0.1, -0.05) is 30.3 Å². The van der Waals surface area contributed by atoms with Gasteiger partial charge in [0.05, 0.1) is 18.3 Å². The summed E-state index contributed by atoms with van der Waals surface area (Å²) in [6.07, 6.45) is 2.75. The van der Waals surface area contributed by atoms with Gasteiger partial charge in [-0.2, -0.15) is 0 Å². The van der Waals surface area contributed by atoms with E-state index in [0.717, 1.165) is 12.1 Å². The quantitative estimate of drug-likeness (QED) is 0.902. The molecule has 1 aromatic carbocycles. The lowest BCUT2D eigenvalue weighted by Gasteiger charge is -2.17. The number of pyridine rings is 1. The van der Waals surface area contributed by atoms with E-state index in [1.54, 1.807) is 23.2 Å². The molecule has 0 saturated carbocycles. The molecule has 0 radical (unpaired) electrons. The molecule has 0 spiro atoms. The summed E-state index contributed by atoms with van der Waals surface area (Å²) in [6.45, 7) is 0.706. The first-order valence-electron chi connectivity index (χ1n) is 6.63. The Morgan fingerprint density at radius 1 is 1.20 bits per heavy atom. The van der Waals surface area contributed by atoms with E-state index in [0.29, 0.717) is 18.7 Å². The van der Waals surface area contributed by atoms with Crippen LogP contribution in [0.4, 0.5) is 5.69 Å². The molecule has 0 saturated heterocycles. The highest BCUT2D eigenvalue weighted by atomic mass is 16.2. The van der Waals surface area contributed by atoms with E-state index in [1.807, 2.05) is 25.2 Å². The lowest BCUT2D eigenvalue weighted by Crippen LogP contribution is -2.30. The number of aromatic nitrogens is 1. The molecule has 0 aliphatic heterocycles. The highest BCUT2D eigenvalue weighted by molar-refractivity contribution is 5.78. The van der Waals surface area contributed by atoms with Crippen molar-refractivity contribution >= 4 is 11.6 Å². The van der Waals surface area contributed by atoms with Crippen molar-refractivity contribution in [3.05, 3.63) is 59.9 Å². The Bertz CT molecular complexity index is 552. The predicted octanol–water partition coefficient (Wildman–Crippen LogP) is 1.91. The summed E-state index contributed by atoms with van der Waals surface area (Å²) >= 11 is 0. The first kappa shape index (κ1) is 14.1. The van der Waals surface area contributed by atoms with Crippen LogP contribution < -0.4 is 5.73 Å². The molecular weight excluding hydrogens is 250 g/mol. The van der Waals surface area contributed by atoms with Crippen LogP contribution in [-0.2, 0) is 17.6 Å². The maximum absolute atomic E-state index is 12.1. The first-order valence-corrected chi connectivity index (χ1v) is 6.63. The van der Waals surface area contributed by atoms with Crippen molar-refractivity contribution in [1.82, 2.24) is 9.88 Å². The molecule has 0 aliphatic carbocycles. The Hall–Kier alpha value is -2.36. The molecule has 20 heavy (non-hydrogen) atoms. The number of anilines is 1. The van der Waals surface area contributed by atoms with E-state index in [4.69, 9.17) is 5.73 Å². The Balaban J connectivity index is 1.84. The lowest BCUT2D eigenvalue weighted by atomic mass is 10.1. The Labute approximate surface area is 119 Å². The number of nitrogens with two attached hydrogens (primary N) is 1. The van der Waals surface area contributed by atoms with Crippen molar-refractivity contribution in [2.75, 3.05) is 19.3 Å². The van der Waals surface area contributed by atoms with Crippen LogP contribution in [-0.4, -0.2) is 29.4 Å². The van der Waals surface area contributed by atoms with Crippen LogP contribution >= 0.6 is 0 Å². The third kappa shape index (κ3) is 4.09. The van der Waals surface area contributed by atoms with Gasteiger partial charge in [-0.3, -0.25) is 9.78 Å². The molecule has 0 atom stereocenters. The molecule has 4 nitrogen and oxygen atoms in total. The maximum Gasteiger partial charge on any atom is 0.228 e. The Kier molecular flexibility index (Phi) is 4.71. The van der Waals surface area contributed by atoms with Crippen molar-refractivity contribution in [2.24, 2.45) is 0 Å². The summed E-state index contributed by atoms with van der Waals surface area (Å²) in [5.74, 6) is 0.0678. The summed E-state index contributed by atoms with van der Waals surface area (Å²) in [4.78, 5) is 18.0. The number of nitrogen functional groups attached to an aromatic ring is 1. The van der Waals surface area contributed by atoms with Crippen molar-refractivity contribution in [3.63, 3.8) is 0 Å². The largest absolute Gasteiger partial charge is 0.397 e. The van der Waals surface area contributed by atoms with Crippen LogP contribution in [0, 0.1) is 0 Å². The fourth-order valence-electron chi connectivity index (χ4n) is 1.90. The van der Waals surface area contributed by atoms with E-state index >= 15 is 0 Å². The second-order valence-electron chi connectivity index (χ2n) is 4.81. The molecule has 104 valence electrons. The third-order valence-corrected chi connectivity index (χ3v) is 3.18. The van der Waals surface area contributed by atoms with Gasteiger partial charge in [0.15, 0.2) is 0 Å². The summed E-state index contributed by atoms with van der Waals surface area (Å²) in [6, 6.07) is 13.7. The lowest BCUT2D eigenvalue weighted by molar-refractivity contribution is -0.129. The summed E-state index contributed by atoms with van der Waals surface area (Å²) in [5, 5.41) is 0. The molecule has 2 aromatic rings. The van der Waals surface area contributed by atoms with Gasteiger partial charge in [-0.05, 0) is 24.1 Å². The second kappa shape index (κ2) is 6.70. The molecule has 0 aliphatic rings. The highest BCUT2D eigenvalue weighted by Crippen LogP contribution is 2.05. The van der Waals surface area contributed by atoms with Crippen LogP contribution in [0.1, 0.15) is 11.3 Å². The number of likely N-dealkylation sites (N-methyl/N-ethyl adjacent to an activating group) is 1. The van der Waals surface area contributed by atoms with Crippen LogP contribution in [0.25, 0.3) is 0 Å². The normalized spacial score (nSPS) is 10.2. The summed E-state index contributed by atoms with van der Waals surface area (Å²) in [5.41, 5.74) is 8.16. The average Bonchev–Trinajstić information content (AvgIpc) is 2.48. The van der Waals surface area contributed by atoms with Crippen LogP contribution in [0.3, 0.4) is 0 Å². The molecule has 1 aromatic heterocycles. The standard InChI is InChI=1S/C16H19N3O/c1-19(10-9-13-5-3-2-4-6-13)16(20)11-15-8-7-14(17)12-18-15/h2-8,12H,9-11,17H2,1H3. The number of hydrogen-bond donors (Lipinski definition) is 1. The topological polar surface area (TPSA) is 59.2 Å². The molecule has 1 amide bonds. The third-order valence-electron chi connectivity index (χ3n) is 3.18. The number of amides is 1. The van der Waals surface area contributed by atoms with E-state index in [-0.39, 0.29) is 5.91 Å². The number of rotatable bonds is 5. The fourth-order valence-corrected chi connectivity index (χ4v) is 1.90. The molecule has 2 N–H and O–H groups in total. The van der Waals surface area contributed by atoms with E-state index < -0.39 is 0 Å². The summed E-state index contributed by atoms with van der Waals surface area (Å²) < 4.78 is 0. The molecule has 0 bridgehead atoms.